The zero-order chi connectivity index (χ0) is 21.6. The van der Waals surface area contributed by atoms with Crippen LogP contribution in [-0.2, 0) is 17.8 Å². The van der Waals surface area contributed by atoms with E-state index in [1.165, 1.54) is 35.4 Å². The average Bonchev–Trinajstić information content (AvgIpc) is 3.24. The molecule has 1 aromatic heterocycles. The summed E-state index contributed by atoms with van der Waals surface area (Å²) in [7, 11) is 0. The number of aromatic nitrogens is 2. The van der Waals surface area contributed by atoms with Gasteiger partial charge in [-0.05, 0) is 48.7 Å². The fourth-order valence-corrected chi connectivity index (χ4v) is 3.59. The predicted molar refractivity (Wildman–Crippen MR) is 117 cm³/mol. The minimum atomic E-state index is -0.341. The van der Waals surface area contributed by atoms with Crippen LogP contribution in [-0.4, -0.2) is 34.0 Å². The molecule has 0 spiro atoms. The molecule has 0 atom stereocenters. The smallest absolute Gasteiger partial charge is 0.227 e. The summed E-state index contributed by atoms with van der Waals surface area (Å²) in [6.45, 7) is 4.81. The molecule has 0 aliphatic carbocycles. The molecule has 1 amide bonds. The predicted octanol–water partition coefficient (Wildman–Crippen LogP) is 4.38. The molecule has 0 saturated carbocycles. The Balaban J connectivity index is 1.27. The van der Waals surface area contributed by atoms with Gasteiger partial charge in [-0.25, -0.2) is 4.39 Å². The first-order valence-electron chi connectivity index (χ1n) is 10.4. The van der Waals surface area contributed by atoms with E-state index in [0.29, 0.717) is 23.8 Å². The lowest BCUT2D eigenvalue weighted by Gasteiger charge is -2.25. The van der Waals surface area contributed by atoms with Gasteiger partial charge in [-0.2, -0.15) is 4.98 Å². The molecule has 1 N–H and O–H groups in total. The van der Waals surface area contributed by atoms with Gasteiger partial charge in [-0.1, -0.05) is 41.1 Å². The largest absolute Gasteiger partial charge is 0.339 e. The highest BCUT2D eigenvalue weighted by Crippen LogP contribution is 2.21. The molecule has 1 aliphatic heterocycles. The number of anilines is 1. The maximum atomic E-state index is 12.9. The minimum Gasteiger partial charge on any atom is -0.339 e. The van der Waals surface area contributed by atoms with Crippen molar-refractivity contribution >= 4 is 17.2 Å². The Bertz CT molecular complexity index is 1080. The number of nitrogens with zero attached hydrogens (tertiary/aromatic N) is 3. The highest BCUT2D eigenvalue weighted by atomic mass is 19.1. The molecule has 1 aliphatic rings. The standard InChI is InChI=1S/C24H25FN4O2/c1-17-3-2-4-18(15-17)16-29-13-11-19(12-14-29)24-27-23(31-28-24)10-9-22(30)26-21-7-5-20(25)6-8-21/h2-8,11,15H,9-10,12-14,16H2,1H3,(H,26,30). The monoisotopic (exact) mass is 420 g/mol. The SMILES string of the molecule is Cc1cccc(CN2CC=C(c3noc(CCC(=O)Nc4ccc(F)cc4)n3)CC2)c1. The van der Waals surface area contributed by atoms with Crippen molar-refractivity contribution in [2.75, 3.05) is 18.4 Å². The Morgan fingerprint density at radius 2 is 2.06 bits per heavy atom. The Kier molecular flexibility index (Phi) is 6.52. The van der Waals surface area contributed by atoms with Crippen molar-refractivity contribution in [1.29, 1.82) is 0 Å². The lowest BCUT2D eigenvalue weighted by atomic mass is 10.1. The number of carbonyl (C=O) groups excluding carboxylic acids is 1. The summed E-state index contributed by atoms with van der Waals surface area (Å²) in [6, 6.07) is 14.2. The summed E-state index contributed by atoms with van der Waals surface area (Å²) in [6.07, 6.45) is 3.57. The molecule has 3 aromatic rings. The third kappa shape index (κ3) is 5.86. The fourth-order valence-electron chi connectivity index (χ4n) is 3.59. The van der Waals surface area contributed by atoms with Gasteiger partial charge in [0.1, 0.15) is 5.82 Å². The summed E-state index contributed by atoms with van der Waals surface area (Å²) < 4.78 is 18.3. The van der Waals surface area contributed by atoms with Crippen molar-refractivity contribution in [2.45, 2.75) is 32.7 Å². The number of hydrogen-bond donors (Lipinski definition) is 1. The second kappa shape index (κ2) is 9.66. The van der Waals surface area contributed by atoms with E-state index in [1.807, 2.05) is 0 Å². The summed E-state index contributed by atoms with van der Waals surface area (Å²) >= 11 is 0. The van der Waals surface area contributed by atoms with E-state index in [-0.39, 0.29) is 18.1 Å². The van der Waals surface area contributed by atoms with Crippen LogP contribution in [0.2, 0.25) is 0 Å². The molecule has 4 rings (SSSR count). The maximum absolute atomic E-state index is 12.9. The molecule has 31 heavy (non-hydrogen) atoms. The van der Waals surface area contributed by atoms with Crippen LogP contribution in [0, 0.1) is 12.7 Å². The highest BCUT2D eigenvalue weighted by Gasteiger charge is 2.18. The molecule has 160 valence electrons. The number of rotatable bonds is 7. The molecule has 2 aromatic carbocycles. The summed E-state index contributed by atoms with van der Waals surface area (Å²) in [4.78, 5) is 18.9. The van der Waals surface area contributed by atoms with Crippen molar-refractivity contribution < 1.29 is 13.7 Å². The van der Waals surface area contributed by atoms with Crippen molar-refractivity contribution in [3.8, 4) is 0 Å². The zero-order valence-electron chi connectivity index (χ0n) is 17.5. The normalized spacial score (nSPS) is 14.3. The average molecular weight is 420 g/mol. The molecule has 7 heteroatoms. The van der Waals surface area contributed by atoms with Crippen LogP contribution >= 0.6 is 0 Å². The van der Waals surface area contributed by atoms with Crippen LogP contribution in [0.3, 0.4) is 0 Å². The number of amides is 1. The first kappa shape index (κ1) is 20.9. The van der Waals surface area contributed by atoms with Crippen LogP contribution in [0.15, 0.2) is 59.1 Å². The van der Waals surface area contributed by atoms with Gasteiger partial charge in [0, 0.05) is 38.2 Å². The summed E-state index contributed by atoms with van der Waals surface area (Å²) in [5.41, 5.74) is 4.22. The molecule has 0 saturated heterocycles. The molecule has 0 fully saturated rings. The summed E-state index contributed by atoms with van der Waals surface area (Å²) in [5, 5.41) is 6.81. The zero-order valence-corrected chi connectivity index (χ0v) is 17.5. The first-order valence-corrected chi connectivity index (χ1v) is 10.4. The van der Waals surface area contributed by atoms with Crippen LogP contribution in [0.1, 0.15) is 35.7 Å². The number of hydrogen-bond acceptors (Lipinski definition) is 5. The van der Waals surface area contributed by atoms with Crippen molar-refractivity contribution in [1.82, 2.24) is 15.0 Å². The molecular weight excluding hydrogens is 395 g/mol. The van der Waals surface area contributed by atoms with Crippen LogP contribution in [0.25, 0.3) is 5.57 Å². The lowest BCUT2D eigenvalue weighted by Crippen LogP contribution is -2.28. The number of aryl methyl sites for hydroxylation is 2. The van der Waals surface area contributed by atoms with E-state index in [0.717, 1.165) is 31.6 Å². The van der Waals surface area contributed by atoms with Gasteiger partial charge in [-0.15, -0.1) is 0 Å². The van der Waals surface area contributed by atoms with E-state index < -0.39 is 0 Å². The Hall–Kier alpha value is -3.32. The van der Waals surface area contributed by atoms with E-state index >= 15 is 0 Å². The van der Waals surface area contributed by atoms with E-state index in [9.17, 15) is 9.18 Å². The van der Waals surface area contributed by atoms with E-state index in [1.54, 1.807) is 0 Å². The Morgan fingerprint density at radius 1 is 1.23 bits per heavy atom. The van der Waals surface area contributed by atoms with Gasteiger partial charge in [0.2, 0.25) is 11.8 Å². The maximum Gasteiger partial charge on any atom is 0.227 e. The van der Waals surface area contributed by atoms with Crippen molar-refractivity contribution in [2.24, 2.45) is 0 Å². The fraction of sp³-hybridized carbons (Fsp3) is 0.292. The molecule has 2 heterocycles. The molecule has 0 bridgehead atoms. The summed E-state index contributed by atoms with van der Waals surface area (Å²) in [5.74, 6) is 0.512. The number of nitrogens with one attached hydrogen (secondary N) is 1. The quantitative estimate of drug-likeness (QED) is 0.614. The van der Waals surface area contributed by atoms with Crippen LogP contribution < -0.4 is 5.32 Å². The van der Waals surface area contributed by atoms with Gasteiger partial charge >= 0.3 is 0 Å². The Morgan fingerprint density at radius 3 is 2.81 bits per heavy atom. The van der Waals surface area contributed by atoms with Crippen molar-refractivity contribution in [3.63, 3.8) is 0 Å². The highest BCUT2D eigenvalue weighted by molar-refractivity contribution is 5.90. The third-order valence-corrected chi connectivity index (χ3v) is 5.23. The molecule has 0 unspecified atom stereocenters. The number of halogens is 1. The van der Waals surface area contributed by atoms with Gasteiger partial charge in [0.15, 0.2) is 5.82 Å². The lowest BCUT2D eigenvalue weighted by molar-refractivity contribution is -0.116. The molecule has 6 nitrogen and oxygen atoms in total. The number of carbonyl (C=O) groups is 1. The van der Waals surface area contributed by atoms with E-state index in [4.69, 9.17) is 4.52 Å². The van der Waals surface area contributed by atoms with Gasteiger partial charge in [0.05, 0.1) is 0 Å². The van der Waals surface area contributed by atoms with E-state index in [2.05, 4.69) is 57.6 Å². The van der Waals surface area contributed by atoms with Gasteiger partial charge < -0.3 is 9.84 Å². The second-order valence-corrected chi connectivity index (χ2v) is 7.77. The minimum absolute atomic E-state index is 0.185. The van der Waals surface area contributed by atoms with Crippen LogP contribution in [0.4, 0.5) is 10.1 Å². The first-order chi connectivity index (χ1) is 15.0. The molecule has 0 radical (unpaired) electrons. The second-order valence-electron chi connectivity index (χ2n) is 7.77. The Labute approximate surface area is 180 Å². The van der Waals surface area contributed by atoms with Crippen molar-refractivity contribution in [3.05, 3.63) is 83.3 Å². The van der Waals surface area contributed by atoms with Crippen LogP contribution in [0.5, 0.6) is 0 Å². The van der Waals surface area contributed by atoms with Gasteiger partial charge in [-0.3, -0.25) is 9.69 Å². The van der Waals surface area contributed by atoms with Gasteiger partial charge in [0.25, 0.3) is 0 Å². The number of benzene rings is 2. The third-order valence-electron chi connectivity index (χ3n) is 5.23. The molecular formula is C24H25FN4O2. The topological polar surface area (TPSA) is 71.3 Å².